The van der Waals surface area contributed by atoms with E-state index in [1.807, 2.05) is 11.8 Å². The van der Waals surface area contributed by atoms with E-state index in [9.17, 15) is 4.79 Å². The average molecular weight is 270 g/mol. The van der Waals surface area contributed by atoms with Crippen molar-refractivity contribution in [3.05, 3.63) is 0 Å². The molecule has 0 bridgehead atoms. The molecule has 3 nitrogen and oxygen atoms in total. The summed E-state index contributed by atoms with van der Waals surface area (Å²) in [5.74, 6) is 4.04. The molecule has 3 atom stereocenters. The normalized spacial score (nSPS) is 33.1. The maximum absolute atomic E-state index is 11.9. The molecule has 18 heavy (non-hydrogen) atoms. The maximum Gasteiger partial charge on any atom is 0.221 e. The van der Waals surface area contributed by atoms with Crippen LogP contribution in [-0.2, 0) is 4.79 Å². The highest BCUT2D eigenvalue weighted by molar-refractivity contribution is 7.99. The molecular weight excluding hydrogens is 244 g/mol. The minimum atomic E-state index is 0.230. The van der Waals surface area contributed by atoms with Crippen molar-refractivity contribution in [1.82, 2.24) is 10.6 Å². The van der Waals surface area contributed by atoms with Gasteiger partial charge in [-0.05, 0) is 24.7 Å². The van der Waals surface area contributed by atoms with Crippen LogP contribution in [-0.4, -0.2) is 36.5 Å². The highest BCUT2D eigenvalue weighted by atomic mass is 32.2. The van der Waals surface area contributed by atoms with Crippen LogP contribution >= 0.6 is 11.8 Å². The van der Waals surface area contributed by atoms with Crippen LogP contribution in [0, 0.1) is 11.8 Å². The molecule has 1 heterocycles. The van der Waals surface area contributed by atoms with Gasteiger partial charge in [-0.2, -0.15) is 11.8 Å². The minimum Gasteiger partial charge on any atom is -0.356 e. The maximum atomic E-state index is 11.9. The summed E-state index contributed by atoms with van der Waals surface area (Å²) >= 11 is 1.95. The van der Waals surface area contributed by atoms with Crippen molar-refractivity contribution in [3.8, 4) is 0 Å². The van der Waals surface area contributed by atoms with E-state index in [1.165, 1.54) is 31.4 Å². The number of carbonyl (C=O) groups is 1. The number of thioether (sulfide) groups is 1. The van der Waals surface area contributed by atoms with E-state index >= 15 is 0 Å². The van der Waals surface area contributed by atoms with E-state index in [2.05, 4.69) is 17.6 Å². The van der Waals surface area contributed by atoms with Crippen LogP contribution in [0.15, 0.2) is 0 Å². The van der Waals surface area contributed by atoms with Gasteiger partial charge in [-0.15, -0.1) is 0 Å². The molecule has 2 rings (SSSR count). The molecule has 2 fully saturated rings. The highest BCUT2D eigenvalue weighted by Gasteiger charge is 2.20. The van der Waals surface area contributed by atoms with Gasteiger partial charge in [0.05, 0.1) is 0 Å². The molecule has 1 amide bonds. The Morgan fingerprint density at radius 2 is 2.33 bits per heavy atom. The number of hydrogen-bond donors (Lipinski definition) is 2. The first-order valence-electron chi connectivity index (χ1n) is 7.32. The lowest BCUT2D eigenvalue weighted by Crippen LogP contribution is -2.42. The van der Waals surface area contributed by atoms with Gasteiger partial charge >= 0.3 is 0 Å². The SMILES string of the molecule is CC1CCCC(CNC(=O)CC2CSCCN2)C1. The van der Waals surface area contributed by atoms with Gasteiger partial charge in [0.1, 0.15) is 0 Å². The fourth-order valence-corrected chi connectivity index (χ4v) is 4.00. The second kappa shape index (κ2) is 7.39. The van der Waals surface area contributed by atoms with E-state index < -0.39 is 0 Å². The van der Waals surface area contributed by atoms with Crippen LogP contribution in [0.2, 0.25) is 0 Å². The van der Waals surface area contributed by atoms with Gasteiger partial charge in [0.2, 0.25) is 5.91 Å². The standard InChI is InChI=1S/C14H26N2OS/c1-11-3-2-4-12(7-11)9-16-14(17)8-13-10-18-6-5-15-13/h11-13,15H,2-10H2,1H3,(H,16,17). The molecule has 0 aromatic rings. The number of nitrogens with one attached hydrogen (secondary N) is 2. The molecule has 1 saturated carbocycles. The van der Waals surface area contributed by atoms with Crippen molar-refractivity contribution in [2.75, 3.05) is 24.6 Å². The molecule has 4 heteroatoms. The first-order chi connectivity index (χ1) is 8.74. The third kappa shape index (κ3) is 4.81. The Morgan fingerprint density at radius 1 is 1.44 bits per heavy atom. The molecule has 1 aliphatic heterocycles. The summed E-state index contributed by atoms with van der Waals surface area (Å²) in [5, 5.41) is 6.55. The van der Waals surface area contributed by atoms with E-state index in [4.69, 9.17) is 0 Å². The third-order valence-electron chi connectivity index (χ3n) is 4.06. The summed E-state index contributed by atoms with van der Waals surface area (Å²) in [6, 6.07) is 0.383. The van der Waals surface area contributed by atoms with Gasteiger partial charge in [-0.1, -0.05) is 19.8 Å². The fraction of sp³-hybridized carbons (Fsp3) is 0.929. The third-order valence-corrected chi connectivity index (χ3v) is 5.19. The van der Waals surface area contributed by atoms with E-state index in [0.717, 1.165) is 24.8 Å². The Kier molecular flexibility index (Phi) is 5.83. The lowest BCUT2D eigenvalue weighted by Gasteiger charge is -2.27. The lowest BCUT2D eigenvalue weighted by molar-refractivity contribution is -0.121. The molecule has 0 radical (unpaired) electrons. The van der Waals surface area contributed by atoms with Crippen molar-refractivity contribution >= 4 is 17.7 Å². The molecule has 0 aromatic carbocycles. The second-order valence-corrected chi connectivity index (χ2v) is 7.02. The molecule has 2 aliphatic rings. The molecule has 3 unspecified atom stereocenters. The van der Waals surface area contributed by atoms with Gasteiger partial charge in [0.25, 0.3) is 0 Å². The van der Waals surface area contributed by atoms with Crippen LogP contribution in [0.3, 0.4) is 0 Å². The smallest absolute Gasteiger partial charge is 0.221 e. The lowest BCUT2D eigenvalue weighted by atomic mass is 9.82. The largest absolute Gasteiger partial charge is 0.356 e. The summed E-state index contributed by atoms with van der Waals surface area (Å²) in [4.78, 5) is 11.9. The molecular formula is C14H26N2OS. The Bertz CT molecular complexity index is 267. The first-order valence-corrected chi connectivity index (χ1v) is 8.47. The van der Waals surface area contributed by atoms with Crippen LogP contribution in [0.1, 0.15) is 39.0 Å². The van der Waals surface area contributed by atoms with Crippen LogP contribution in [0.25, 0.3) is 0 Å². The van der Waals surface area contributed by atoms with Crippen molar-refractivity contribution in [3.63, 3.8) is 0 Å². The number of carbonyl (C=O) groups excluding carboxylic acids is 1. The van der Waals surface area contributed by atoms with Gasteiger partial charge in [-0.25, -0.2) is 0 Å². The number of amides is 1. The summed E-state index contributed by atoms with van der Waals surface area (Å²) in [6.45, 7) is 4.27. The van der Waals surface area contributed by atoms with Crippen molar-refractivity contribution < 1.29 is 4.79 Å². The molecule has 1 saturated heterocycles. The average Bonchev–Trinajstić information content (AvgIpc) is 2.38. The van der Waals surface area contributed by atoms with Gasteiger partial charge in [0, 0.05) is 37.1 Å². The molecule has 2 N–H and O–H groups in total. The van der Waals surface area contributed by atoms with Crippen LogP contribution in [0.4, 0.5) is 0 Å². The summed E-state index contributed by atoms with van der Waals surface area (Å²) in [7, 11) is 0. The summed E-state index contributed by atoms with van der Waals surface area (Å²) < 4.78 is 0. The number of hydrogen-bond acceptors (Lipinski definition) is 3. The zero-order chi connectivity index (χ0) is 12.8. The predicted molar refractivity (Wildman–Crippen MR) is 77.9 cm³/mol. The fourth-order valence-electron chi connectivity index (χ4n) is 3.05. The summed E-state index contributed by atoms with van der Waals surface area (Å²) in [6.07, 6.45) is 5.94. The van der Waals surface area contributed by atoms with E-state index in [0.29, 0.717) is 18.4 Å². The Hall–Kier alpha value is -0.220. The molecule has 0 spiro atoms. The topological polar surface area (TPSA) is 41.1 Å². The Labute approximate surface area is 115 Å². The second-order valence-electron chi connectivity index (χ2n) is 5.87. The van der Waals surface area contributed by atoms with Gasteiger partial charge in [0.15, 0.2) is 0 Å². The zero-order valence-electron chi connectivity index (χ0n) is 11.4. The van der Waals surface area contributed by atoms with Gasteiger partial charge in [-0.3, -0.25) is 4.79 Å². The quantitative estimate of drug-likeness (QED) is 0.821. The monoisotopic (exact) mass is 270 g/mol. The minimum absolute atomic E-state index is 0.230. The van der Waals surface area contributed by atoms with Crippen molar-refractivity contribution in [2.24, 2.45) is 11.8 Å². The predicted octanol–water partition coefficient (Wildman–Crippen LogP) is 2.02. The Balaban J connectivity index is 1.61. The molecule has 0 aromatic heterocycles. The van der Waals surface area contributed by atoms with Crippen LogP contribution < -0.4 is 10.6 Å². The van der Waals surface area contributed by atoms with Gasteiger partial charge < -0.3 is 10.6 Å². The summed E-state index contributed by atoms with van der Waals surface area (Å²) in [5.41, 5.74) is 0. The van der Waals surface area contributed by atoms with E-state index in [1.54, 1.807) is 0 Å². The highest BCUT2D eigenvalue weighted by Crippen LogP contribution is 2.27. The van der Waals surface area contributed by atoms with Crippen molar-refractivity contribution in [1.29, 1.82) is 0 Å². The first kappa shape index (κ1) is 14.2. The van der Waals surface area contributed by atoms with Crippen molar-refractivity contribution in [2.45, 2.75) is 45.1 Å². The zero-order valence-corrected chi connectivity index (χ0v) is 12.2. The Morgan fingerprint density at radius 3 is 3.06 bits per heavy atom. The van der Waals surface area contributed by atoms with E-state index in [-0.39, 0.29) is 5.91 Å². The molecule has 104 valence electrons. The van der Waals surface area contributed by atoms with Crippen LogP contribution in [0.5, 0.6) is 0 Å². The number of rotatable bonds is 4. The molecule has 1 aliphatic carbocycles.